The number of hydrogen-bond donors (Lipinski definition) is 2. The van der Waals surface area contributed by atoms with Crippen LogP contribution in [-0.4, -0.2) is 24.5 Å². The second-order valence-corrected chi connectivity index (χ2v) is 6.00. The quantitative estimate of drug-likeness (QED) is 0.819. The largest absolute Gasteiger partial charge is 0.349 e. The molecule has 21 heavy (non-hydrogen) atoms. The van der Waals surface area contributed by atoms with E-state index in [1.807, 2.05) is 6.92 Å². The average Bonchev–Trinajstić information content (AvgIpc) is 2.43. The van der Waals surface area contributed by atoms with Gasteiger partial charge >= 0.3 is 0 Å². The molecule has 1 atom stereocenters. The zero-order valence-electron chi connectivity index (χ0n) is 13.3. The van der Waals surface area contributed by atoms with Crippen molar-refractivity contribution in [3.05, 3.63) is 35.4 Å². The van der Waals surface area contributed by atoms with Gasteiger partial charge in [-0.25, -0.2) is 5.48 Å². The molecule has 0 fully saturated rings. The van der Waals surface area contributed by atoms with Gasteiger partial charge in [0.1, 0.15) is 0 Å². The molecule has 0 spiro atoms. The van der Waals surface area contributed by atoms with Gasteiger partial charge in [-0.1, -0.05) is 20.8 Å². The highest BCUT2D eigenvalue weighted by atomic mass is 16.6. The smallest absolute Gasteiger partial charge is 0.274 e. The van der Waals surface area contributed by atoms with E-state index in [2.05, 4.69) is 31.6 Å². The predicted octanol–water partition coefficient (Wildman–Crippen LogP) is 2.53. The van der Waals surface area contributed by atoms with Gasteiger partial charge in [-0.3, -0.25) is 14.4 Å². The van der Waals surface area contributed by atoms with E-state index in [4.69, 9.17) is 4.84 Å². The summed E-state index contributed by atoms with van der Waals surface area (Å²) in [6.45, 7) is 10.4. The second kappa shape index (κ2) is 7.22. The third-order valence-corrected chi connectivity index (χ3v) is 3.37. The van der Waals surface area contributed by atoms with E-state index in [0.29, 0.717) is 17.7 Å². The van der Waals surface area contributed by atoms with E-state index in [1.165, 1.54) is 0 Å². The van der Waals surface area contributed by atoms with Crippen molar-refractivity contribution in [1.82, 2.24) is 10.8 Å². The fourth-order valence-corrected chi connectivity index (χ4v) is 1.47. The molecule has 0 bridgehead atoms. The molecule has 1 aromatic carbocycles. The first-order valence-corrected chi connectivity index (χ1v) is 7.08. The van der Waals surface area contributed by atoms with Gasteiger partial charge in [0.05, 0.1) is 6.61 Å². The van der Waals surface area contributed by atoms with Crippen molar-refractivity contribution in [3.8, 4) is 0 Å². The van der Waals surface area contributed by atoms with Crippen LogP contribution in [-0.2, 0) is 4.84 Å². The lowest BCUT2D eigenvalue weighted by atomic mass is 9.88. The molecule has 116 valence electrons. The highest BCUT2D eigenvalue weighted by Gasteiger charge is 2.22. The number of rotatable bonds is 5. The van der Waals surface area contributed by atoms with E-state index >= 15 is 0 Å². The molecule has 0 aliphatic heterocycles. The first-order valence-electron chi connectivity index (χ1n) is 7.08. The molecule has 2 amide bonds. The normalized spacial score (nSPS) is 12.6. The molecule has 0 radical (unpaired) electrons. The van der Waals surface area contributed by atoms with Gasteiger partial charge in [-0.2, -0.15) is 0 Å². The molecule has 0 aliphatic rings. The van der Waals surface area contributed by atoms with Crippen molar-refractivity contribution in [3.63, 3.8) is 0 Å². The van der Waals surface area contributed by atoms with Gasteiger partial charge in [0.15, 0.2) is 0 Å². The Morgan fingerprint density at radius 3 is 2.00 bits per heavy atom. The minimum Gasteiger partial charge on any atom is -0.349 e. The van der Waals surface area contributed by atoms with Gasteiger partial charge in [0.2, 0.25) is 0 Å². The molecule has 0 aliphatic carbocycles. The maximum absolute atomic E-state index is 12.1. The predicted molar refractivity (Wildman–Crippen MR) is 81.9 cm³/mol. The monoisotopic (exact) mass is 292 g/mol. The summed E-state index contributed by atoms with van der Waals surface area (Å²) < 4.78 is 0. The molecule has 0 heterocycles. The number of hydrogen-bond acceptors (Lipinski definition) is 3. The molecule has 0 aromatic heterocycles. The molecular weight excluding hydrogens is 268 g/mol. The van der Waals surface area contributed by atoms with Crippen molar-refractivity contribution in [2.45, 2.75) is 40.7 Å². The number of hydroxylamine groups is 1. The lowest BCUT2D eigenvalue weighted by Crippen LogP contribution is -2.41. The van der Waals surface area contributed by atoms with Crippen molar-refractivity contribution in [2.24, 2.45) is 5.41 Å². The number of carbonyl (C=O) groups excluding carboxylic acids is 2. The van der Waals surface area contributed by atoms with Crippen LogP contribution >= 0.6 is 0 Å². The molecule has 5 heteroatoms. The molecule has 0 saturated carbocycles. The Bertz CT molecular complexity index is 489. The van der Waals surface area contributed by atoms with E-state index in [-0.39, 0.29) is 23.3 Å². The zero-order chi connectivity index (χ0) is 16.0. The Morgan fingerprint density at radius 2 is 1.57 bits per heavy atom. The van der Waals surface area contributed by atoms with E-state index in [9.17, 15) is 9.59 Å². The summed E-state index contributed by atoms with van der Waals surface area (Å²) in [7, 11) is 0. The van der Waals surface area contributed by atoms with E-state index in [0.717, 1.165) is 0 Å². The van der Waals surface area contributed by atoms with E-state index in [1.54, 1.807) is 31.2 Å². The second-order valence-electron chi connectivity index (χ2n) is 6.00. The van der Waals surface area contributed by atoms with Crippen LogP contribution in [0.1, 0.15) is 55.3 Å². The minimum atomic E-state index is -0.327. The summed E-state index contributed by atoms with van der Waals surface area (Å²) >= 11 is 0. The van der Waals surface area contributed by atoms with Crippen molar-refractivity contribution in [1.29, 1.82) is 0 Å². The fourth-order valence-electron chi connectivity index (χ4n) is 1.47. The topological polar surface area (TPSA) is 67.4 Å². The van der Waals surface area contributed by atoms with Crippen LogP contribution in [0.5, 0.6) is 0 Å². The standard InChI is InChI=1S/C16H24N2O3/c1-6-21-18-15(20)13-9-7-12(8-10-13)14(19)17-11(2)16(3,4)5/h7-11H,6H2,1-5H3,(H,17,19)(H,18,20). The van der Waals surface area contributed by atoms with Crippen LogP contribution in [0.15, 0.2) is 24.3 Å². The highest BCUT2D eigenvalue weighted by Crippen LogP contribution is 2.19. The van der Waals surface area contributed by atoms with Crippen LogP contribution in [0.25, 0.3) is 0 Å². The van der Waals surface area contributed by atoms with Crippen molar-refractivity contribution < 1.29 is 14.4 Å². The molecule has 1 aromatic rings. The summed E-state index contributed by atoms with van der Waals surface area (Å²) in [6.07, 6.45) is 0. The molecule has 2 N–H and O–H groups in total. The molecule has 5 nitrogen and oxygen atoms in total. The van der Waals surface area contributed by atoms with Gasteiger partial charge in [-0.15, -0.1) is 0 Å². The van der Waals surface area contributed by atoms with Crippen LogP contribution in [0.3, 0.4) is 0 Å². The Kier molecular flexibility index (Phi) is 5.90. The number of carbonyl (C=O) groups is 2. The lowest BCUT2D eigenvalue weighted by molar-refractivity contribution is 0.0364. The average molecular weight is 292 g/mol. The molecule has 1 unspecified atom stereocenters. The minimum absolute atomic E-state index is 0.00697. The molecule has 0 saturated heterocycles. The Balaban J connectivity index is 2.69. The van der Waals surface area contributed by atoms with Crippen molar-refractivity contribution >= 4 is 11.8 Å². The maximum atomic E-state index is 12.1. The molecular formula is C16H24N2O3. The Labute approximate surface area is 126 Å². The lowest BCUT2D eigenvalue weighted by Gasteiger charge is -2.28. The summed E-state index contributed by atoms with van der Waals surface area (Å²) in [5, 5.41) is 2.95. The number of amides is 2. The number of benzene rings is 1. The van der Waals surface area contributed by atoms with Crippen molar-refractivity contribution in [2.75, 3.05) is 6.61 Å². The summed E-state index contributed by atoms with van der Waals surface area (Å²) in [5.41, 5.74) is 3.28. The highest BCUT2D eigenvalue weighted by molar-refractivity contribution is 5.97. The maximum Gasteiger partial charge on any atom is 0.274 e. The summed E-state index contributed by atoms with van der Waals surface area (Å²) in [6, 6.07) is 6.51. The summed E-state index contributed by atoms with van der Waals surface area (Å²) in [5.74, 6) is -0.471. The summed E-state index contributed by atoms with van der Waals surface area (Å²) in [4.78, 5) is 28.6. The van der Waals surface area contributed by atoms with E-state index < -0.39 is 0 Å². The first kappa shape index (κ1) is 17.2. The number of nitrogens with one attached hydrogen (secondary N) is 2. The first-order chi connectivity index (χ1) is 9.75. The van der Waals surface area contributed by atoms with Crippen LogP contribution in [0, 0.1) is 5.41 Å². The van der Waals surface area contributed by atoms with Gasteiger partial charge in [0, 0.05) is 17.2 Å². The third kappa shape index (κ3) is 5.19. The van der Waals surface area contributed by atoms with Crippen LogP contribution in [0.4, 0.5) is 0 Å². The fraction of sp³-hybridized carbons (Fsp3) is 0.500. The van der Waals surface area contributed by atoms with Gasteiger partial charge in [-0.05, 0) is 43.5 Å². The van der Waals surface area contributed by atoms with Crippen LogP contribution in [0.2, 0.25) is 0 Å². The Morgan fingerprint density at radius 1 is 1.10 bits per heavy atom. The third-order valence-electron chi connectivity index (χ3n) is 3.37. The van der Waals surface area contributed by atoms with Crippen LogP contribution < -0.4 is 10.8 Å². The molecule has 1 rings (SSSR count). The van der Waals surface area contributed by atoms with Gasteiger partial charge < -0.3 is 5.32 Å². The Hall–Kier alpha value is -1.88. The zero-order valence-corrected chi connectivity index (χ0v) is 13.3. The van der Waals surface area contributed by atoms with Gasteiger partial charge in [0.25, 0.3) is 11.8 Å². The SMILES string of the molecule is CCONC(=O)c1ccc(C(=O)NC(C)C(C)(C)C)cc1.